The molecule has 0 spiro atoms. The van der Waals surface area contributed by atoms with Crippen LogP contribution in [0.3, 0.4) is 0 Å². The highest BCUT2D eigenvalue weighted by Gasteiger charge is 2.03. The highest BCUT2D eigenvalue weighted by atomic mass is 16.7. The summed E-state index contributed by atoms with van der Waals surface area (Å²) >= 11 is 0. The molecule has 2 rings (SSSR count). The van der Waals surface area contributed by atoms with E-state index in [9.17, 15) is 4.79 Å². The molecule has 0 heterocycles. The molecule has 0 amide bonds. The predicted molar refractivity (Wildman–Crippen MR) is 92.4 cm³/mol. The van der Waals surface area contributed by atoms with Gasteiger partial charge < -0.3 is 14.6 Å². The Hall–Kier alpha value is -3.01. The minimum atomic E-state index is -0.682. The number of ether oxygens (including phenoxy) is 2. The zero-order valence-electron chi connectivity index (χ0n) is 13.1. The molecular weight excluding hydrogens is 292 g/mol. The number of hydrogen-bond donors (Lipinski definition) is 1. The predicted octanol–water partition coefficient (Wildman–Crippen LogP) is 4.90. The molecule has 0 bridgehead atoms. The second kappa shape index (κ2) is 9.84. The van der Waals surface area contributed by atoms with Gasteiger partial charge in [-0.25, -0.2) is 4.79 Å². The molecule has 0 aromatic heterocycles. The zero-order chi connectivity index (χ0) is 17.1. The standard InChI is InChI=1S/C11H12O3.C8H8O/c1-3-9-5-7-10(8-6-9)14-11(12)13-4-2;1-2-7-3-5-8(9)6-4-7/h3,5-8H,1,4H2,2H3;2-6,9H,1H2. The average Bonchev–Trinajstić information content (AvgIpc) is 2.57. The minimum absolute atomic E-state index is 0.292. The molecule has 120 valence electrons. The second-order valence-electron chi connectivity index (χ2n) is 4.35. The van der Waals surface area contributed by atoms with E-state index >= 15 is 0 Å². The first-order valence-electron chi connectivity index (χ1n) is 7.07. The maximum Gasteiger partial charge on any atom is 0.513 e. The lowest BCUT2D eigenvalue weighted by Gasteiger charge is -2.03. The highest BCUT2D eigenvalue weighted by Crippen LogP contribution is 2.13. The Bertz CT molecular complexity index is 627. The summed E-state index contributed by atoms with van der Waals surface area (Å²) in [6.45, 7) is 9.23. The quantitative estimate of drug-likeness (QED) is 0.644. The van der Waals surface area contributed by atoms with Crippen LogP contribution in [-0.2, 0) is 4.74 Å². The van der Waals surface area contributed by atoms with Gasteiger partial charge in [-0.3, -0.25) is 0 Å². The molecule has 0 saturated carbocycles. The highest BCUT2D eigenvalue weighted by molar-refractivity contribution is 5.64. The van der Waals surface area contributed by atoms with Gasteiger partial charge in [0.2, 0.25) is 0 Å². The Balaban J connectivity index is 0.000000253. The molecule has 2 aromatic rings. The Morgan fingerprint density at radius 3 is 1.91 bits per heavy atom. The Morgan fingerprint density at radius 1 is 1.00 bits per heavy atom. The molecule has 0 radical (unpaired) electrons. The molecule has 4 heteroatoms. The molecule has 0 atom stereocenters. The first kappa shape index (κ1) is 18.0. The smallest absolute Gasteiger partial charge is 0.508 e. The summed E-state index contributed by atoms with van der Waals surface area (Å²) in [6.07, 6.45) is 2.77. The Morgan fingerprint density at radius 2 is 1.48 bits per heavy atom. The number of phenolic OH excluding ortho intramolecular Hbond substituents is 1. The molecule has 2 aromatic carbocycles. The van der Waals surface area contributed by atoms with E-state index < -0.39 is 6.16 Å². The van der Waals surface area contributed by atoms with E-state index in [1.165, 1.54) is 0 Å². The van der Waals surface area contributed by atoms with E-state index in [0.717, 1.165) is 11.1 Å². The number of aromatic hydroxyl groups is 1. The van der Waals surface area contributed by atoms with Gasteiger partial charge in [0.15, 0.2) is 0 Å². The van der Waals surface area contributed by atoms with Crippen molar-refractivity contribution in [2.45, 2.75) is 6.92 Å². The first-order valence-corrected chi connectivity index (χ1v) is 7.07. The fraction of sp³-hybridized carbons (Fsp3) is 0.105. The van der Waals surface area contributed by atoms with Gasteiger partial charge in [0.25, 0.3) is 0 Å². The average molecular weight is 312 g/mol. The Kier molecular flexibility index (Phi) is 7.72. The van der Waals surface area contributed by atoms with E-state index in [4.69, 9.17) is 9.84 Å². The number of rotatable bonds is 4. The number of hydrogen-bond acceptors (Lipinski definition) is 4. The minimum Gasteiger partial charge on any atom is -0.508 e. The summed E-state index contributed by atoms with van der Waals surface area (Å²) in [6, 6.07) is 13.9. The van der Waals surface area contributed by atoms with Crippen LogP contribution in [0.4, 0.5) is 4.79 Å². The summed E-state index contributed by atoms with van der Waals surface area (Å²) in [5.74, 6) is 0.759. The van der Waals surface area contributed by atoms with E-state index in [-0.39, 0.29) is 0 Å². The maximum absolute atomic E-state index is 10.9. The first-order chi connectivity index (χ1) is 11.1. The topological polar surface area (TPSA) is 55.8 Å². The SMILES string of the molecule is C=Cc1ccc(O)cc1.C=Cc1ccc(OC(=O)OCC)cc1. The summed E-state index contributed by atoms with van der Waals surface area (Å²) in [5, 5.41) is 8.82. The number of benzene rings is 2. The summed E-state index contributed by atoms with van der Waals surface area (Å²) in [7, 11) is 0. The van der Waals surface area contributed by atoms with Crippen LogP contribution in [0.25, 0.3) is 12.2 Å². The van der Waals surface area contributed by atoms with Crippen molar-refractivity contribution < 1.29 is 19.4 Å². The summed E-state index contributed by atoms with van der Waals surface area (Å²) in [5.41, 5.74) is 1.99. The molecule has 0 saturated heterocycles. The molecule has 0 aliphatic rings. The lowest BCUT2D eigenvalue weighted by molar-refractivity contribution is 0.104. The largest absolute Gasteiger partial charge is 0.513 e. The van der Waals surface area contributed by atoms with Gasteiger partial charge in [0.05, 0.1) is 6.61 Å². The van der Waals surface area contributed by atoms with E-state index in [2.05, 4.69) is 17.9 Å². The van der Waals surface area contributed by atoms with Crippen molar-refractivity contribution in [3.8, 4) is 11.5 Å². The molecule has 0 aliphatic heterocycles. The number of carbonyl (C=O) groups excluding carboxylic acids is 1. The van der Waals surface area contributed by atoms with Gasteiger partial charge in [-0.1, -0.05) is 49.6 Å². The fourth-order valence-corrected chi connectivity index (χ4v) is 1.53. The number of phenols is 1. The third kappa shape index (κ3) is 7.00. The van der Waals surface area contributed by atoms with Crippen LogP contribution in [0, 0.1) is 0 Å². The second-order valence-corrected chi connectivity index (χ2v) is 4.35. The van der Waals surface area contributed by atoms with Crippen LogP contribution in [0.15, 0.2) is 61.7 Å². The molecule has 0 fully saturated rings. The molecular formula is C19H20O4. The van der Waals surface area contributed by atoms with Crippen molar-refractivity contribution in [3.63, 3.8) is 0 Å². The van der Waals surface area contributed by atoms with E-state index in [1.54, 1.807) is 43.3 Å². The lowest BCUT2D eigenvalue weighted by Crippen LogP contribution is -2.09. The van der Waals surface area contributed by atoms with Crippen LogP contribution in [0.1, 0.15) is 18.1 Å². The van der Waals surface area contributed by atoms with Gasteiger partial charge in [0.1, 0.15) is 11.5 Å². The third-order valence-corrected chi connectivity index (χ3v) is 2.71. The third-order valence-electron chi connectivity index (χ3n) is 2.71. The maximum atomic E-state index is 10.9. The van der Waals surface area contributed by atoms with Crippen LogP contribution in [0.2, 0.25) is 0 Å². The molecule has 23 heavy (non-hydrogen) atoms. The van der Waals surface area contributed by atoms with Gasteiger partial charge >= 0.3 is 6.16 Å². The van der Waals surface area contributed by atoms with E-state index in [1.807, 2.05) is 24.3 Å². The monoisotopic (exact) mass is 312 g/mol. The van der Waals surface area contributed by atoms with Crippen LogP contribution >= 0.6 is 0 Å². The van der Waals surface area contributed by atoms with Crippen molar-refractivity contribution in [1.29, 1.82) is 0 Å². The van der Waals surface area contributed by atoms with Gasteiger partial charge in [-0.15, -0.1) is 0 Å². The van der Waals surface area contributed by atoms with Crippen LogP contribution in [-0.4, -0.2) is 17.9 Å². The fourth-order valence-electron chi connectivity index (χ4n) is 1.53. The van der Waals surface area contributed by atoms with Gasteiger partial charge in [-0.05, 0) is 42.3 Å². The molecule has 1 N–H and O–H groups in total. The van der Waals surface area contributed by atoms with Crippen molar-refractivity contribution in [1.82, 2.24) is 0 Å². The van der Waals surface area contributed by atoms with Gasteiger partial charge in [-0.2, -0.15) is 0 Å². The normalized spacial score (nSPS) is 9.09. The Labute approximate surface area is 136 Å². The molecule has 0 unspecified atom stereocenters. The number of carbonyl (C=O) groups is 1. The molecule has 0 aliphatic carbocycles. The van der Waals surface area contributed by atoms with Crippen molar-refractivity contribution >= 4 is 18.3 Å². The summed E-state index contributed by atoms with van der Waals surface area (Å²) < 4.78 is 9.48. The molecule has 4 nitrogen and oxygen atoms in total. The van der Waals surface area contributed by atoms with Crippen LogP contribution in [0.5, 0.6) is 11.5 Å². The van der Waals surface area contributed by atoms with Gasteiger partial charge in [0, 0.05) is 0 Å². The summed E-state index contributed by atoms with van der Waals surface area (Å²) in [4.78, 5) is 10.9. The van der Waals surface area contributed by atoms with Crippen molar-refractivity contribution in [2.24, 2.45) is 0 Å². The zero-order valence-corrected chi connectivity index (χ0v) is 13.1. The lowest BCUT2D eigenvalue weighted by atomic mass is 10.2. The van der Waals surface area contributed by atoms with E-state index in [0.29, 0.717) is 18.1 Å². The van der Waals surface area contributed by atoms with Crippen molar-refractivity contribution in [2.75, 3.05) is 6.61 Å². The van der Waals surface area contributed by atoms with Crippen molar-refractivity contribution in [3.05, 3.63) is 72.8 Å². The van der Waals surface area contributed by atoms with Crippen LogP contribution < -0.4 is 4.74 Å².